The molecule has 0 aromatic heterocycles. The molecule has 4 unspecified atom stereocenters. The first-order valence-electron chi connectivity index (χ1n) is 8.47. The summed E-state index contributed by atoms with van der Waals surface area (Å²) in [5.41, 5.74) is 4.65. The molecule has 0 radical (unpaired) electrons. The van der Waals surface area contributed by atoms with Crippen LogP contribution >= 0.6 is 9.47 Å². The number of methoxy groups -OCH3 is 1. The third-order valence-corrected chi connectivity index (χ3v) is 5.76. The van der Waals surface area contributed by atoms with Crippen molar-refractivity contribution < 1.29 is 9.26 Å². The molecule has 0 heterocycles. The van der Waals surface area contributed by atoms with Gasteiger partial charge in [-0.05, 0) is 73.1 Å². The Morgan fingerprint density at radius 1 is 1.18 bits per heavy atom. The highest BCUT2D eigenvalue weighted by Crippen LogP contribution is 2.51. The second-order valence-electron chi connectivity index (χ2n) is 6.66. The minimum atomic E-state index is 0.658. The van der Waals surface area contributed by atoms with E-state index in [4.69, 9.17) is 9.26 Å². The van der Waals surface area contributed by atoms with E-state index < -0.39 is 0 Å². The van der Waals surface area contributed by atoms with E-state index in [0.29, 0.717) is 5.92 Å². The van der Waals surface area contributed by atoms with Crippen molar-refractivity contribution in [2.75, 3.05) is 7.11 Å². The van der Waals surface area contributed by atoms with Crippen LogP contribution in [0.4, 0.5) is 0 Å². The molecule has 0 bridgehead atoms. The molecule has 4 atom stereocenters. The van der Waals surface area contributed by atoms with E-state index in [1.165, 1.54) is 30.4 Å². The molecule has 0 N–H and O–H groups in total. The largest absolute Gasteiger partial charge is 0.493 e. The Morgan fingerprint density at radius 3 is 2.68 bits per heavy atom. The zero-order valence-electron chi connectivity index (χ0n) is 13.9. The summed E-state index contributed by atoms with van der Waals surface area (Å²) in [6, 6.07) is 4.41. The fraction of sp³-hybridized carbons (Fsp3) is 0.579. The maximum Gasteiger partial charge on any atom is 0.164 e. The number of allylic oxidation sites excluding steroid dienone is 2. The topological polar surface area (TPSA) is 18.5 Å². The summed E-state index contributed by atoms with van der Waals surface area (Å²) in [6.07, 6.45) is 8.66. The first-order chi connectivity index (χ1) is 10.7. The van der Waals surface area contributed by atoms with Crippen molar-refractivity contribution in [1.29, 1.82) is 0 Å². The van der Waals surface area contributed by atoms with Crippen LogP contribution in [0.3, 0.4) is 0 Å². The number of fused-ring (bicyclic) bond motifs is 3. The van der Waals surface area contributed by atoms with Crippen LogP contribution in [0.1, 0.15) is 56.6 Å². The maximum absolute atomic E-state index is 5.52. The van der Waals surface area contributed by atoms with Gasteiger partial charge in [0.1, 0.15) is 0 Å². The van der Waals surface area contributed by atoms with Crippen LogP contribution < -0.4 is 9.26 Å². The van der Waals surface area contributed by atoms with Gasteiger partial charge in [-0.25, -0.2) is 0 Å². The summed E-state index contributed by atoms with van der Waals surface area (Å²) in [6.45, 7) is 4.66. The molecular formula is C19H27O2P. The molecule has 1 aromatic rings. The van der Waals surface area contributed by atoms with Crippen molar-refractivity contribution in [2.45, 2.75) is 51.9 Å². The number of aryl methyl sites for hydroxylation is 1. The molecule has 0 aliphatic heterocycles. The Hall–Kier alpha value is -1.01. The fourth-order valence-electron chi connectivity index (χ4n) is 4.47. The summed E-state index contributed by atoms with van der Waals surface area (Å²) in [4.78, 5) is 0. The number of benzene rings is 1. The van der Waals surface area contributed by atoms with Crippen molar-refractivity contribution in [3.05, 3.63) is 34.9 Å². The molecule has 1 fully saturated rings. The predicted molar refractivity (Wildman–Crippen MR) is 94.7 cm³/mol. The summed E-state index contributed by atoms with van der Waals surface area (Å²) in [7, 11) is 4.06. The fourth-order valence-corrected chi connectivity index (χ4v) is 4.65. The molecule has 3 heteroatoms. The number of hydrogen-bond donors (Lipinski definition) is 0. The smallest absolute Gasteiger partial charge is 0.164 e. The molecule has 2 aliphatic carbocycles. The number of ether oxygens (including phenoxy) is 1. The Balaban J connectivity index is 2.01. The van der Waals surface area contributed by atoms with Gasteiger partial charge in [0.25, 0.3) is 0 Å². The van der Waals surface area contributed by atoms with Gasteiger partial charge in [-0.15, -0.1) is 0 Å². The summed E-state index contributed by atoms with van der Waals surface area (Å²) >= 11 is 0. The average molecular weight is 318 g/mol. The first kappa shape index (κ1) is 15.9. The van der Waals surface area contributed by atoms with Gasteiger partial charge >= 0.3 is 0 Å². The lowest BCUT2D eigenvalue weighted by Crippen LogP contribution is -2.29. The van der Waals surface area contributed by atoms with Gasteiger partial charge in [0.15, 0.2) is 11.5 Å². The molecule has 1 saturated carbocycles. The van der Waals surface area contributed by atoms with Crippen molar-refractivity contribution in [3.8, 4) is 11.5 Å². The van der Waals surface area contributed by atoms with Crippen molar-refractivity contribution >= 4 is 9.47 Å². The highest BCUT2D eigenvalue weighted by molar-refractivity contribution is 7.10. The van der Waals surface area contributed by atoms with E-state index in [9.17, 15) is 0 Å². The van der Waals surface area contributed by atoms with Crippen LogP contribution in [-0.4, -0.2) is 7.11 Å². The number of rotatable bonds is 3. The minimum Gasteiger partial charge on any atom is -0.493 e. The Kier molecular flexibility index (Phi) is 4.78. The lowest BCUT2D eigenvalue weighted by Gasteiger charge is -2.42. The van der Waals surface area contributed by atoms with Crippen molar-refractivity contribution in [2.24, 2.45) is 11.8 Å². The number of hydrogen-bond acceptors (Lipinski definition) is 2. The molecule has 0 spiro atoms. The molecule has 120 valence electrons. The van der Waals surface area contributed by atoms with Gasteiger partial charge in [-0.3, -0.25) is 0 Å². The van der Waals surface area contributed by atoms with E-state index in [1.54, 1.807) is 12.7 Å². The van der Waals surface area contributed by atoms with Crippen LogP contribution in [0, 0.1) is 11.8 Å². The van der Waals surface area contributed by atoms with E-state index in [0.717, 1.165) is 36.2 Å². The third-order valence-electron chi connectivity index (χ3n) is 5.51. The monoisotopic (exact) mass is 318 g/mol. The van der Waals surface area contributed by atoms with Crippen molar-refractivity contribution in [3.63, 3.8) is 0 Å². The van der Waals surface area contributed by atoms with Crippen LogP contribution in [0.25, 0.3) is 0 Å². The van der Waals surface area contributed by atoms with E-state index in [1.807, 2.05) is 0 Å². The SMILES string of the molecule is CC/C=C1\C(C)CCC2c3cc(OC)c(OP)cc3CCC12. The molecule has 0 saturated heterocycles. The standard InChI is InChI=1S/C19H27O2P/c1-4-5-14-12(2)6-8-16-15(14)9-7-13-10-19(21-22)18(20-3)11-17(13)16/h5,10-12,15-16H,4,6-9,22H2,1-3H3/b14-5+. The normalized spacial score (nSPS) is 28.9. The molecular weight excluding hydrogens is 291 g/mol. The highest BCUT2D eigenvalue weighted by atomic mass is 31.0. The first-order valence-corrected chi connectivity index (χ1v) is 8.94. The minimum absolute atomic E-state index is 0.658. The van der Waals surface area contributed by atoms with Crippen LogP contribution in [0.15, 0.2) is 23.8 Å². The highest BCUT2D eigenvalue weighted by Gasteiger charge is 2.37. The van der Waals surface area contributed by atoms with Gasteiger partial charge in [0, 0.05) is 0 Å². The quantitative estimate of drug-likeness (QED) is 0.558. The zero-order chi connectivity index (χ0) is 15.7. The van der Waals surface area contributed by atoms with Gasteiger partial charge in [0.2, 0.25) is 0 Å². The van der Waals surface area contributed by atoms with Crippen molar-refractivity contribution in [1.82, 2.24) is 0 Å². The summed E-state index contributed by atoms with van der Waals surface area (Å²) in [5, 5.41) is 0. The lowest BCUT2D eigenvalue weighted by molar-refractivity contribution is 0.302. The Bertz CT molecular complexity index is 579. The average Bonchev–Trinajstić information content (AvgIpc) is 2.55. The second kappa shape index (κ2) is 6.62. The second-order valence-corrected chi connectivity index (χ2v) is 6.90. The van der Waals surface area contributed by atoms with E-state index >= 15 is 0 Å². The lowest BCUT2D eigenvalue weighted by atomic mass is 9.63. The van der Waals surface area contributed by atoms with Crippen LogP contribution in [0.5, 0.6) is 11.5 Å². The molecule has 0 amide bonds. The van der Waals surface area contributed by atoms with E-state index in [-0.39, 0.29) is 0 Å². The molecule has 3 rings (SSSR count). The third kappa shape index (κ3) is 2.67. The molecule has 1 aromatic carbocycles. The van der Waals surface area contributed by atoms with E-state index in [2.05, 4.69) is 41.5 Å². The Morgan fingerprint density at radius 2 is 2.00 bits per heavy atom. The van der Waals surface area contributed by atoms with Gasteiger partial charge in [-0.1, -0.05) is 25.5 Å². The van der Waals surface area contributed by atoms with Gasteiger partial charge < -0.3 is 9.26 Å². The van der Waals surface area contributed by atoms with Gasteiger partial charge in [0.05, 0.1) is 16.6 Å². The summed E-state index contributed by atoms with van der Waals surface area (Å²) < 4.78 is 10.9. The maximum atomic E-state index is 5.52. The predicted octanol–water partition coefficient (Wildman–Crippen LogP) is 5.28. The zero-order valence-corrected chi connectivity index (χ0v) is 15.0. The van der Waals surface area contributed by atoms with Gasteiger partial charge in [-0.2, -0.15) is 0 Å². The van der Waals surface area contributed by atoms with Crippen LogP contribution in [-0.2, 0) is 6.42 Å². The summed E-state index contributed by atoms with van der Waals surface area (Å²) in [5.74, 6) is 3.82. The molecule has 22 heavy (non-hydrogen) atoms. The Labute approximate surface area is 136 Å². The van der Waals surface area contributed by atoms with Crippen LogP contribution in [0.2, 0.25) is 0 Å². The molecule has 2 aliphatic rings. The molecule has 2 nitrogen and oxygen atoms in total.